The number of anilines is 1. The van der Waals surface area contributed by atoms with Gasteiger partial charge in [0.2, 0.25) is 0 Å². The molecule has 0 bridgehead atoms. The van der Waals surface area contributed by atoms with Crippen LogP contribution in [0.5, 0.6) is 0 Å². The molecule has 0 amide bonds. The zero-order chi connectivity index (χ0) is 13.3. The van der Waals surface area contributed by atoms with Crippen LogP contribution in [0.3, 0.4) is 0 Å². The first kappa shape index (κ1) is 13.2. The minimum atomic E-state index is -0.461. The molecule has 0 aliphatic heterocycles. The van der Waals surface area contributed by atoms with Crippen LogP contribution in [0, 0.1) is 6.92 Å². The van der Waals surface area contributed by atoms with Crippen molar-refractivity contribution in [2.45, 2.75) is 19.4 Å². The Kier molecular flexibility index (Phi) is 3.49. The first-order valence-electron chi connectivity index (χ1n) is 5.34. The lowest BCUT2D eigenvalue weighted by Gasteiger charge is -2.26. The lowest BCUT2D eigenvalue weighted by molar-refractivity contribution is 0.644. The molecule has 0 saturated heterocycles. The van der Waals surface area contributed by atoms with E-state index in [0.717, 1.165) is 0 Å². The van der Waals surface area contributed by atoms with Gasteiger partial charge in [-0.05, 0) is 13.8 Å². The Morgan fingerprint density at radius 3 is 2.78 bits per heavy atom. The Morgan fingerprint density at radius 2 is 2.17 bits per heavy atom. The number of halogens is 2. The molecule has 0 atom stereocenters. The average molecular weight is 290 g/mol. The zero-order valence-electron chi connectivity index (χ0n) is 10.00. The molecule has 0 spiro atoms. The van der Waals surface area contributed by atoms with Gasteiger partial charge in [-0.25, -0.2) is 19.3 Å². The maximum absolute atomic E-state index is 11.5. The fraction of sp³-hybridized carbons (Fsp3) is 0.500. The molecule has 0 unspecified atom stereocenters. The third kappa shape index (κ3) is 2.30. The van der Waals surface area contributed by atoms with Gasteiger partial charge in [-0.15, -0.1) is 23.2 Å². The highest BCUT2D eigenvalue weighted by molar-refractivity contribution is 6.22. The Bertz CT molecular complexity index is 616. The minimum absolute atomic E-state index is 0.306. The van der Waals surface area contributed by atoms with Crippen LogP contribution < -0.4 is 11.0 Å². The van der Waals surface area contributed by atoms with Gasteiger partial charge in [0.15, 0.2) is 5.65 Å². The molecule has 18 heavy (non-hydrogen) atoms. The summed E-state index contributed by atoms with van der Waals surface area (Å²) in [5.74, 6) is 1.81. The van der Waals surface area contributed by atoms with Gasteiger partial charge in [-0.3, -0.25) is 0 Å². The van der Waals surface area contributed by atoms with Gasteiger partial charge in [0.25, 0.3) is 0 Å². The van der Waals surface area contributed by atoms with E-state index in [4.69, 9.17) is 23.2 Å². The van der Waals surface area contributed by atoms with E-state index in [2.05, 4.69) is 20.5 Å². The van der Waals surface area contributed by atoms with Crippen LogP contribution in [0.25, 0.3) is 5.65 Å². The second-order valence-electron chi connectivity index (χ2n) is 4.36. The van der Waals surface area contributed by atoms with E-state index in [-0.39, 0.29) is 5.69 Å². The van der Waals surface area contributed by atoms with E-state index in [1.54, 1.807) is 13.0 Å². The molecule has 2 rings (SSSR count). The van der Waals surface area contributed by atoms with Crippen LogP contribution >= 0.6 is 23.2 Å². The van der Waals surface area contributed by atoms with Gasteiger partial charge < -0.3 is 5.32 Å². The molecule has 0 fully saturated rings. The zero-order valence-corrected chi connectivity index (χ0v) is 11.5. The van der Waals surface area contributed by atoms with Gasteiger partial charge in [0, 0.05) is 17.8 Å². The van der Waals surface area contributed by atoms with Crippen molar-refractivity contribution in [1.29, 1.82) is 0 Å². The second-order valence-corrected chi connectivity index (χ2v) is 4.90. The molecule has 98 valence electrons. The number of aromatic nitrogens is 4. The molecule has 2 N–H and O–H groups in total. The SMILES string of the molecule is Cc1nc(NC(C)(CCl)CCl)cc2n[nH]c(=O)n12. The van der Waals surface area contributed by atoms with Crippen molar-refractivity contribution in [3.8, 4) is 0 Å². The number of aromatic amines is 1. The number of alkyl halides is 2. The molecule has 2 heterocycles. The summed E-state index contributed by atoms with van der Waals surface area (Å²) in [5, 5.41) is 9.43. The third-order valence-electron chi connectivity index (χ3n) is 2.59. The van der Waals surface area contributed by atoms with E-state index in [9.17, 15) is 4.79 Å². The number of rotatable bonds is 4. The smallest absolute Gasteiger partial charge is 0.349 e. The molecule has 6 nitrogen and oxygen atoms in total. The summed E-state index contributed by atoms with van der Waals surface area (Å²) >= 11 is 11.7. The predicted octanol–water partition coefficient (Wildman–Crippen LogP) is 1.37. The molecular weight excluding hydrogens is 277 g/mol. The molecular formula is C10H13Cl2N5O. The second kappa shape index (κ2) is 4.78. The van der Waals surface area contributed by atoms with Crippen LogP contribution in [0.2, 0.25) is 0 Å². The first-order chi connectivity index (χ1) is 8.49. The van der Waals surface area contributed by atoms with Crippen LogP contribution in [0.1, 0.15) is 12.7 Å². The number of nitrogens with one attached hydrogen (secondary N) is 2. The van der Waals surface area contributed by atoms with Crippen molar-refractivity contribution in [2.75, 3.05) is 17.1 Å². The summed E-state index contributed by atoms with van der Waals surface area (Å²) in [7, 11) is 0. The molecule has 0 aliphatic carbocycles. The Labute approximate surface area is 113 Å². The fourth-order valence-corrected chi connectivity index (χ4v) is 1.99. The summed E-state index contributed by atoms with van der Waals surface area (Å²) in [4.78, 5) is 15.7. The van der Waals surface area contributed by atoms with Crippen molar-refractivity contribution in [3.63, 3.8) is 0 Å². The summed E-state index contributed by atoms with van der Waals surface area (Å²) in [5.41, 5.74) is -0.266. The van der Waals surface area contributed by atoms with E-state index in [0.29, 0.717) is 29.0 Å². The average Bonchev–Trinajstić information content (AvgIpc) is 2.71. The summed E-state index contributed by atoms with van der Waals surface area (Å²) < 4.78 is 1.39. The molecule has 0 aliphatic rings. The molecule has 0 saturated carbocycles. The highest BCUT2D eigenvalue weighted by atomic mass is 35.5. The van der Waals surface area contributed by atoms with Crippen molar-refractivity contribution in [2.24, 2.45) is 0 Å². The standard InChI is InChI=1S/C10H13Cl2N5O/c1-6-13-7(14-10(2,4-11)5-12)3-8-15-16-9(18)17(6)8/h3,14H,4-5H2,1-2H3,(H,16,18). The highest BCUT2D eigenvalue weighted by Gasteiger charge is 2.22. The maximum Gasteiger partial charge on any atom is 0.349 e. The molecule has 8 heteroatoms. The monoisotopic (exact) mass is 289 g/mol. The van der Waals surface area contributed by atoms with Gasteiger partial charge in [-0.2, -0.15) is 5.10 Å². The lowest BCUT2D eigenvalue weighted by atomic mass is 10.1. The largest absolute Gasteiger partial charge is 0.362 e. The van der Waals surface area contributed by atoms with Gasteiger partial charge in [-0.1, -0.05) is 0 Å². The predicted molar refractivity (Wildman–Crippen MR) is 71.8 cm³/mol. The maximum atomic E-state index is 11.5. The first-order valence-corrected chi connectivity index (χ1v) is 6.41. The van der Waals surface area contributed by atoms with Gasteiger partial charge in [0.05, 0.1) is 5.54 Å². The van der Waals surface area contributed by atoms with E-state index >= 15 is 0 Å². The number of nitrogens with zero attached hydrogens (tertiary/aromatic N) is 3. The molecule has 2 aromatic heterocycles. The Hall–Kier alpha value is -1.27. The van der Waals surface area contributed by atoms with E-state index in [1.165, 1.54) is 4.40 Å². The number of H-pyrrole nitrogens is 1. The van der Waals surface area contributed by atoms with Gasteiger partial charge in [0.1, 0.15) is 11.6 Å². The normalized spacial score (nSPS) is 12.0. The Balaban J connectivity index is 2.44. The van der Waals surface area contributed by atoms with Crippen LogP contribution in [-0.4, -0.2) is 36.9 Å². The van der Waals surface area contributed by atoms with Crippen molar-refractivity contribution in [3.05, 3.63) is 22.4 Å². The van der Waals surface area contributed by atoms with Crippen LogP contribution in [-0.2, 0) is 0 Å². The van der Waals surface area contributed by atoms with Crippen LogP contribution in [0.15, 0.2) is 10.9 Å². The van der Waals surface area contributed by atoms with Gasteiger partial charge >= 0.3 is 5.69 Å². The summed E-state index contributed by atoms with van der Waals surface area (Å²) in [6.45, 7) is 3.62. The summed E-state index contributed by atoms with van der Waals surface area (Å²) in [6, 6.07) is 1.67. The third-order valence-corrected chi connectivity index (χ3v) is 3.77. The quantitative estimate of drug-likeness (QED) is 0.834. The minimum Gasteiger partial charge on any atom is -0.362 e. The molecule has 0 radical (unpaired) electrons. The Morgan fingerprint density at radius 1 is 1.50 bits per heavy atom. The molecule has 2 aromatic rings. The van der Waals surface area contributed by atoms with Crippen molar-refractivity contribution in [1.82, 2.24) is 19.6 Å². The van der Waals surface area contributed by atoms with E-state index in [1.807, 2.05) is 6.92 Å². The lowest BCUT2D eigenvalue weighted by Crippen LogP contribution is -2.39. The highest BCUT2D eigenvalue weighted by Crippen LogP contribution is 2.17. The van der Waals surface area contributed by atoms with Crippen molar-refractivity contribution < 1.29 is 0 Å². The van der Waals surface area contributed by atoms with Crippen LogP contribution in [0.4, 0.5) is 5.82 Å². The fourth-order valence-electron chi connectivity index (χ4n) is 1.57. The number of aryl methyl sites for hydroxylation is 1. The molecule has 0 aromatic carbocycles. The number of hydrogen-bond acceptors (Lipinski definition) is 4. The summed E-state index contributed by atoms with van der Waals surface area (Å²) in [6.07, 6.45) is 0. The topological polar surface area (TPSA) is 75.1 Å². The number of fused-ring (bicyclic) bond motifs is 1. The van der Waals surface area contributed by atoms with E-state index < -0.39 is 5.54 Å². The van der Waals surface area contributed by atoms with Crippen molar-refractivity contribution >= 4 is 34.7 Å². The number of hydrogen-bond donors (Lipinski definition) is 2.